The van der Waals surface area contributed by atoms with E-state index in [-0.39, 0.29) is 25.0 Å². The molecule has 2 atom stereocenters. The van der Waals surface area contributed by atoms with Crippen molar-refractivity contribution in [2.45, 2.75) is 43.2 Å². The Morgan fingerprint density at radius 3 is 2.87 bits per heavy atom. The van der Waals surface area contributed by atoms with Crippen molar-refractivity contribution in [3.63, 3.8) is 0 Å². The normalized spacial score (nSPS) is 25.8. The maximum atomic E-state index is 14.0. The Kier molecular flexibility index (Phi) is 3.99. The number of halogens is 2. The first-order valence-electron chi connectivity index (χ1n) is 10.5. The molecule has 6 rings (SSSR count). The summed E-state index contributed by atoms with van der Waals surface area (Å²) in [6.45, 7) is 0.479. The molecule has 1 aliphatic carbocycles. The van der Waals surface area contributed by atoms with Crippen LogP contribution in [-0.4, -0.2) is 51.5 Å². The van der Waals surface area contributed by atoms with Crippen LogP contribution in [0.15, 0.2) is 36.7 Å². The lowest BCUT2D eigenvalue weighted by Crippen LogP contribution is -2.48. The van der Waals surface area contributed by atoms with Crippen LogP contribution < -0.4 is 10.1 Å². The molecule has 0 radical (unpaired) electrons. The van der Waals surface area contributed by atoms with Gasteiger partial charge >= 0.3 is 0 Å². The van der Waals surface area contributed by atoms with Crippen LogP contribution in [0.3, 0.4) is 0 Å². The number of aromatic nitrogens is 3. The van der Waals surface area contributed by atoms with E-state index in [1.807, 2.05) is 29.2 Å². The fourth-order valence-electron chi connectivity index (χ4n) is 4.72. The summed E-state index contributed by atoms with van der Waals surface area (Å²) in [7, 11) is 0. The molecule has 0 bridgehead atoms. The lowest BCUT2D eigenvalue weighted by atomic mass is 9.95. The first-order valence-corrected chi connectivity index (χ1v) is 10.5. The van der Waals surface area contributed by atoms with Crippen molar-refractivity contribution in [1.82, 2.24) is 19.9 Å². The molecule has 8 heteroatoms. The number of nitrogens with zero attached hydrogens (tertiary/aromatic N) is 3. The summed E-state index contributed by atoms with van der Waals surface area (Å²) in [5.41, 5.74) is 2.96. The van der Waals surface area contributed by atoms with E-state index < -0.39 is 5.92 Å². The van der Waals surface area contributed by atoms with Gasteiger partial charge in [0.2, 0.25) is 0 Å². The lowest BCUT2D eigenvalue weighted by Gasteiger charge is -2.39. The number of aromatic amines is 1. The Bertz CT molecular complexity index is 1100. The van der Waals surface area contributed by atoms with Crippen LogP contribution in [0, 0.1) is 0 Å². The number of fused-ring (bicyclic) bond motifs is 2. The minimum atomic E-state index is -2.65. The monoisotopic (exact) mass is 411 g/mol. The van der Waals surface area contributed by atoms with Crippen LogP contribution in [0.25, 0.3) is 11.0 Å². The molecule has 1 aromatic carbocycles. The third-order valence-electron chi connectivity index (χ3n) is 6.47. The Morgan fingerprint density at radius 2 is 2.07 bits per heavy atom. The van der Waals surface area contributed by atoms with Gasteiger partial charge in [0.15, 0.2) is 0 Å². The van der Waals surface area contributed by atoms with E-state index >= 15 is 0 Å². The highest BCUT2D eigenvalue weighted by Gasteiger charge is 2.45. The second kappa shape index (κ2) is 6.63. The van der Waals surface area contributed by atoms with Crippen molar-refractivity contribution in [2.24, 2.45) is 0 Å². The number of anilines is 1. The largest absolute Gasteiger partial charge is 0.491 e. The highest BCUT2D eigenvalue weighted by molar-refractivity contribution is 5.88. The minimum absolute atomic E-state index is 0.113. The Balaban J connectivity index is 1.38. The van der Waals surface area contributed by atoms with E-state index in [4.69, 9.17) is 4.74 Å². The van der Waals surface area contributed by atoms with Crippen molar-refractivity contribution in [3.05, 3.63) is 47.9 Å². The van der Waals surface area contributed by atoms with Crippen molar-refractivity contribution < 1.29 is 13.5 Å². The maximum absolute atomic E-state index is 14.0. The van der Waals surface area contributed by atoms with Crippen molar-refractivity contribution in [2.75, 3.05) is 25.0 Å². The predicted molar refractivity (Wildman–Crippen MR) is 109 cm³/mol. The fraction of sp³-hybridized carbons (Fsp3) is 0.455. The van der Waals surface area contributed by atoms with Crippen LogP contribution in [-0.2, 0) is 0 Å². The topological polar surface area (TPSA) is 66.1 Å². The molecule has 0 spiro atoms. The molecule has 2 unspecified atom stereocenters. The van der Waals surface area contributed by atoms with Crippen LogP contribution in [0.1, 0.15) is 42.5 Å². The van der Waals surface area contributed by atoms with E-state index in [0.717, 1.165) is 28.2 Å². The predicted octanol–water partition coefficient (Wildman–Crippen LogP) is 4.09. The summed E-state index contributed by atoms with van der Waals surface area (Å²) < 4.78 is 33.9. The number of nitrogens with one attached hydrogen (secondary N) is 2. The quantitative estimate of drug-likeness (QED) is 0.677. The lowest BCUT2D eigenvalue weighted by molar-refractivity contribution is 0.00192. The summed E-state index contributed by atoms with van der Waals surface area (Å²) in [5, 5.41) is 4.51. The zero-order valence-corrected chi connectivity index (χ0v) is 16.4. The molecule has 2 aliphatic heterocycles. The smallest absolute Gasteiger partial charge is 0.261 e. The maximum Gasteiger partial charge on any atom is 0.261 e. The number of ether oxygens (including phenoxy) is 1. The molecule has 4 heterocycles. The number of likely N-dealkylation sites (tertiary alicyclic amines) is 1. The van der Waals surface area contributed by atoms with Gasteiger partial charge in [-0.05, 0) is 30.9 Å². The molecule has 3 aliphatic rings. The molecule has 2 aromatic heterocycles. The molecule has 2 N–H and O–H groups in total. The Hall–Kier alpha value is -2.74. The molecular formula is C22H23F2N5O. The van der Waals surface area contributed by atoms with Gasteiger partial charge in [-0.3, -0.25) is 4.90 Å². The van der Waals surface area contributed by atoms with Gasteiger partial charge in [-0.2, -0.15) is 0 Å². The van der Waals surface area contributed by atoms with Gasteiger partial charge in [0, 0.05) is 24.2 Å². The number of para-hydroxylation sites is 1. The molecular weight excluding hydrogens is 388 g/mol. The highest BCUT2D eigenvalue weighted by Crippen LogP contribution is 2.42. The average molecular weight is 411 g/mol. The van der Waals surface area contributed by atoms with Gasteiger partial charge < -0.3 is 15.0 Å². The van der Waals surface area contributed by atoms with E-state index in [2.05, 4.69) is 26.3 Å². The summed E-state index contributed by atoms with van der Waals surface area (Å²) >= 11 is 0. The summed E-state index contributed by atoms with van der Waals surface area (Å²) in [6, 6.07) is 9.52. The number of H-pyrrole nitrogens is 1. The standard InChI is InChI=1S/C22H23F2N5O/c23-22(24)7-8-29(11-22)17-10-30-18-4-2-1-3-14(18)19(17)28-21-15-9-16(13-5-6-13)27-20(15)25-12-26-21/h1-4,9,12-13,17,19H,5-8,10-11H2,(H2,25,26,27,28). The third kappa shape index (κ3) is 3.10. The molecule has 0 amide bonds. The summed E-state index contributed by atoms with van der Waals surface area (Å²) in [6.07, 6.45) is 3.82. The molecule has 30 heavy (non-hydrogen) atoms. The highest BCUT2D eigenvalue weighted by atomic mass is 19.3. The van der Waals surface area contributed by atoms with Gasteiger partial charge in [-0.25, -0.2) is 18.7 Å². The summed E-state index contributed by atoms with van der Waals surface area (Å²) in [5.74, 6) is -0.560. The van der Waals surface area contributed by atoms with Gasteiger partial charge in [-0.15, -0.1) is 0 Å². The van der Waals surface area contributed by atoms with Gasteiger partial charge in [0.1, 0.15) is 30.1 Å². The zero-order valence-electron chi connectivity index (χ0n) is 16.4. The number of benzene rings is 1. The molecule has 6 nitrogen and oxygen atoms in total. The summed E-state index contributed by atoms with van der Waals surface area (Å²) in [4.78, 5) is 14.1. The van der Waals surface area contributed by atoms with Crippen LogP contribution in [0.2, 0.25) is 0 Å². The molecule has 1 saturated heterocycles. The number of hydrogen-bond donors (Lipinski definition) is 2. The third-order valence-corrected chi connectivity index (χ3v) is 6.47. The zero-order chi connectivity index (χ0) is 20.3. The number of rotatable bonds is 4. The first kappa shape index (κ1) is 18.1. The molecule has 3 aromatic rings. The molecule has 1 saturated carbocycles. The van der Waals surface area contributed by atoms with Gasteiger partial charge in [0.05, 0.1) is 24.0 Å². The van der Waals surface area contributed by atoms with E-state index in [1.54, 1.807) is 6.33 Å². The second-order valence-electron chi connectivity index (χ2n) is 8.60. The van der Waals surface area contributed by atoms with E-state index in [9.17, 15) is 8.78 Å². The van der Waals surface area contributed by atoms with E-state index in [1.165, 1.54) is 18.5 Å². The van der Waals surface area contributed by atoms with E-state index in [0.29, 0.717) is 19.1 Å². The fourth-order valence-corrected chi connectivity index (χ4v) is 4.72. The second-order valence-corrected chi connectivity index (χ2v) is 8.60. The Morgan fingerprint density at radius 1 is 1.20 bits per heavy atom. The minimum Gasteiger partial charge on any atom is -0.491 e. The van der Waals surface area contributed by atoms with Crippen molar-refractivity contribution >= 4 is 16.9 Å². The SMILES string of the molecule is FC1(F)CCN(C2COc3ccccc3C2Nc2ncnc3[nH]c(C4CC4)cc23)C1. The molecule has 2 fully saturated rings. The number of hydrogen-bond acceptors (Lipinski definition) is 5. The average Bonchev–Trinajstić information content (AvgIpc) is 3.40. The first-order chi connectivity index (χ1) is 14.6. The van der Waals surface area contributed by atoms with Crippen molar-refractivity contribution in [1.29, 1.82) is 0 Å². The van der Waals surface area contributed by atoms with Gasteiger partial charge in [0.25, 0.3) is 5.92 Å². The number of alkyl halides is 2. The molecule has 156 valence electrons. The van der Waals surface area contributed by atoms with Crippen molar-refractivity contribution in [3.8, 4) is 5.75 Å². The Labute approximate surface area is 172 Å². The van der Waals surface area contributed by atoms with Gasteiger partial charge in [-0.1, -0.05) is 18.2 Å². The van der Waals surface area contributed by atoms with Crippen LogP contribution in [0.5, 0.6) is 5.75 Å². The van der Waals surface area contributed by atoms with Crippen LogP contribution >= 0.6 is 0 Å². The van der Waals surface area contributed by atoms with Crippen LogP contribution in [0.4, 0.5) is 14.6 Å².